The Morgan fingerprint density at radius 3 is 2.62 bits per heavy atom. The van der Waals surface area contributed by atoms with Crippen LogP contribution in [0.15, 0.2) is 73.1 Å². The molecule has 0 fully saturated rings. The van der Waals surface area contributed by atoms with Crippen LogP contribution in [0.5, 0.6) is 5.75 Å². The minimum Gasteiger partial charge on any atom is -0.486 e. The first-order chi connectivity index (χ1) is 16.4. The summed E-state index contributed by atoms with van der Waals surface area (Å²) in [6.45, 7) is 6.43. The molecule has 0 aliphatic carbocycles. The van der Waals surface area contributed by atoms with Crippen LogP contribution in [-0.2, 0) is 13.6 Å². The fraction of sp³-hybridized carbons (Fsp3) is 0.222. The molecule has 1 amide bonds. The van der Waals surface area contributed by atoms with Crippen LogP contribution in [0.1, 0.15) is 45.8 Å². The number of ether oxygens (including phenoxy) is 1. The van der Waals surface area contributed by atoms with E-state index in [1.165, 1.54) is 5.56 Å². The summed E-state index contributed by atoms with van der Waals surface area (Å²) in [5.41, 5.74) is 5.56. The van der Waals surface area contributed by atoms with E-state index in [9.17, 15) is 4.79 Å². The van der Waals surface area contributed by atoms with Gasteiger partial charge in [0.05, 0.1) is 11.4 Å². The maximum atomic E-state index is 12.7. The highest BCUT2D eigenvalue weighted by Gasteiger charge is 2.13. The fourth-order valence-electron chi connectivity index (χ4n) is 3.61. The molecule has 4 rings (SSSR count). The second kappa shape index (κ2) is 10.2. The van der Waals surface area contributed by atoms with Crippen molar-refractivity contribution in [1.29, 1.82) is 0 Å². The number of carbonyl (C=O) groups excluding carboxylic acids is 1. The number of amides is 1. The van der Waals surface area contributed by atoms with Gasteiger partial charge in [-0.1, -0.05) is 42.0 Å². The zero-order valence-electron chi connectivity index (χ0n) is 19.9. The quantitative estimate of drug-likeness (QED) is 0.379. The van der Waals surface area contributed by atoms with Gasteiger partial charge in [0, 0.05) is 37.6 Å². The summed E-state index contributed by atoms with van der Waals surface area (Å²) >= 11 is 0. The minimum atomic E-state index is -0.250. The lowest BCUT2D eigenvalue weighted by atomic mass is 10.1. The Morgan fingerprint density at radius 2 is 1.88 bits per heavy atom. The zero-order chi connectivity index (χ0) is 24.1. The van der Waals surface area contributed by atoms with Crippen molar-refractivity contribution in [3.05, 3.63) is 101 Å². The maximum absolute atomic E-state index is 12.7. The van der Waals surface area contributed by atoms with Crippen LogP contribution in [0.4, 0.5) is 11.5 Å². The van der Waals surface area contributed by atoms with Crippen molar-refractivity contribution in [2.24, 2.45) is 7.05 Å². The molecule has 34 heavy (non-hydrogen) atoms. The monoisotopic (exact) mass is 455 g/mol. The lowest BCUT2D eigenvalue weighted by Crippen LogP contribution is -2.23. The fourth-order valence-corrected chi connectivity index (χ4v) is 3.61. The highest BCUT2D eigenvalue weighted by Crippen LogP contribution is 2.25. The van der Waals surface area contributed by atoms with Gasteiger partial charge in [-0.05, 0) is 50.1 Å². The van der Waals surface area contributed by atoms with Crippen LogP contribution in [0.3, 0.4) is 0 Å². The second-order valence-electron chi connectivity index (χ2n) is 8.36. The van der Waals surface area contributed by atoms with E-state index in [4.69, 9.17) is 4.74 Å². The van der Waals surface area contributed by atoms with Crippen LogP contribution < -0.4 is 15.4 Å². The minimum absolute atomic E-state index is 0.114. The van der Waals surface area contributed by atoms with E-state index in [2.05, 4.69) is 20.7 Å². The van der Waals surface area contributed by atoms with Gasteiger partial charge in [-0.3, -0.25) is 9.48 Å². The summed E-state index contributed by atoms with van der Waals surface area (Å²) in [5, 5.41) is 10.6. The van der Waals surface area contributed by atoms with Gasteiger partial charge < -0.3 is 15.4 Å². The molecule has 0 saturated heterocycles. The first-order valence-electron chi connectivity index (χ1n) is 11.2. The lowest BCUT2D eigenvalue weighted by Gasteiger charge is -2.16. The number of carbonyl (C=O) groups is 1. The number of nitrogens with one attached hydrogen (secondary N) is 2. The summed E-state index contributed by atoms with van der Waals surface area (Å²) in [7, 11) is 1.88. The van der Waals surface area contributed by atoms with E-state index >= 15 is 0 Å². The Balaban J connectivity index is 1.40. The van der Waals surface area contributed by atoms with Gasteiger partial charge >= 0.3 is 0 Å². The highest BCUT2D eigenvalue weighted by molar-refractivity contribution is 5.94. The number of rotatable bonds is 8. The van der Waals surface area contributed by atoms with Gasteiger partial charge in [0.2, 0.25) is 0 Å². The summed E-state index contributed by atoms with van der Waals surface area (Å²) in [4.78, 5) is 17.1. The third kappa shape index (κ3) is 5.81. The average Bonchev–Trinajstić information content (AvgIpc) is 3.15. The normalized spacial score (nSPS) is 11.6. The van der Waals surface area contributed by atoms with Crippen molar-refractivity contribution in [2.75, 3.05) is 5.32 Å². The van der Waals surface area contributed by atoms with Crippen LogP contribution in [-0.4, -0.2) is 20.7 Å². The topological polar surface area (TPSA) is 81.1 Å². The first-order valence-corrected chi connectivity index (χ1v) is 11.2. The molecule has 2 heterocycles. The van der Waals surface area contributed by atoms with E-state index < -0.39 is 0 Å². The van der Waals surface area contributed by atoms with Gasteiger partial charge in [0.1, 0.15) is 17.7 Å². The zero-order valence-corrected chi connectivity index (χ0v) is 19.9. The molecule has 0 aliphatic heterocycles. The van der Waals surface area contributed by atoms with Crippen molar-refractivity contribution in [3.8, 4) is 5.75 Å². The number of aryl methyl sites for hydroxylation is 3. The third-order valence-electron chi connectivity index (χ3n) is 5.51. The first kappa shape index (κ1) is 23.0. The molecule has 7 heteroatoms. The molecular weight excluding hydrogens is 426 g/mol. The third-order valence-corrected chi connectivity index (χ3v) is 5.51. The van der Waals surface area contributed by atoms with Crippen LogP contribution in [0.2, 0.25) is 0 Å². The van der Waals surface area contributed by atoms with E-state index in [0.29, 0.717) is 23.7 Å². The van der Waals surface area contributed by atoms with Crippen molar-refractivity contribution >= 4 is 17.4 Å². The van der Waals surface area contributed by atoms with Crippen LogP contribution in [0, 0.1) is 13.8 Å². The summed E-state index contributed by atoms with van der Waals surface area (Å²) < 4.78 is 7.91. The van der Waals surface area contributed by atoms with Crippen molar-refractivity contribution < 1.29 is 9.53 Å². The summed E-state index contributed by atoms with van der Waals surface area (Å²) in [5.74, 6) is 1.24. The molecule has 174 valence electrons. The molecular formula is C27H29N5O2. The van der Waals surface area contributed by atoms with Gasteiger partial charge in [0.25, 0.3) is 5.91 Å². The Morgan fingerprint density at radius 1 is 1.09 bits per heavy atom. The van der Waals surface area contributed by atoms with Gasteiger partial charge in [-0.2, -0.15) is 5.10 Å². The van der Waals surface area contributed by atoms with Gasteiger partial charge in [0.15, 0.2) is 0 Å². The van der Waals surface area contributed by atoms with Crippen molar-refractivity contribution in [2.45, 2.75) is 33.4 Å². The SMILES string of the molecule is Cc1ccc(CNC(=O)c2cccc(C(C)Oc3ccnc(Nc4cn(C)nc4C)c3)c2)cc1. The summed E-state index contributed by atoms with van der Waals surface area (Å²) in [6, 6.07) is 19.3. The number of hydrogen-bond donors (Lipinski definition) is 2. The second-order valence-corrected chi connectivity index (χ2v) is 8.36. The number of hydrogen-bond acceptors (Lipinski definition) is 5. The van der Waals surface area contributed by atoms with Crippen LogP contribution >= 0.6 is 0 Å². The van der Waals surface area contributed by atoms with Crippen molar-refractivity contribution in [3.63, 3.8) is 0 Å². The molecule has 0 spiro atoms. The number of nitrogens with zero attached hydrogens (tertiary/aromatic N) is 3. The Bertz CT molecular complexity index is 1280. The van der Waals surface area contributed by atoms with Gasteiger partial charge in [-0.15, -0.1) is 0 Å². The molecule has 4 aromatic rings. The smallest absolute Gasteiger partial charge is 0.251 e. The Hall–Kier alpha value is -4.13. The lowest BCUT2D eigenvalue weighted by molar-refractivity contribution is 0.0950. The Labute approximate surface area is 199 Å². The molecule has 2 aromatic heterocycles. The highest BCUT2D eigenvalue weighted by atomic mass is 16.5. The molecule has 0 radical (unpaired) electrons. The number of anilines is 2. The van der Waals surface area contributed by atoms with E-state index in [1.807, 2.05) is 94.7 Å². The predicted octanol–water partition coefficient (Wildman–Crippen LogP) is 5.25. The maximum Gasteiger partial charge on any atom is 0.251 e. The number of pyridine rings is 1. The molecule has 1 atom stereocenters. The molecule has 1 unspecified atom stereocenters. The molecule has 0 saturated carbocycles. The molecule has 2 aromatic carbocycles. The molecule has 0 aliphatic rings. The van der Waals surface area contributed by atoms with E-state index in [-0.39, 0.29) is 12.0 Å². The Kier molecular flexibility index (Phi) is 6.92. The molecule has 7 nitrogen and oxygen atoms in total. The average molecular weight is 456 g/mol. The number of aromatic nitrogens is 3. The largest absolute Gasteiger partial charge is 0.486 e. The molecule has 2 N–H and O–H groups in total. The standard InChI is InChI=1S/C27H29N5O2/c1-18-8-10-21(11-9-18)16-29-27(33)23-7-5-6-22(14-23)20(3)34-24-12-13-28-26(15-24)30-25-17-32(4)31-19(25)2/h5-15,17,20H,16H2,1-4H3,(H,28,30)(H,29,33). The molecule has 0 bridgehead atoms. The predicted molar refractivity (Wildman–Crippen MR) is 133 cm³/mol. The number of benzene rings is 2. The van der Waals surface area contributed by atoms with Crippen molar-refractivity contribution in [1.82, 2.24) is 20.1 Å². The van der Waals surface area contributed by atoms with E-state index in [1.54, 1.807) is 10.9 Å². The van der Waals surface area contributed by atoms with E-state index in [0.717, 1.165) is 22.5 Å². The summed E-state index contributed by atoms with van der Waals surface area (Å²) in [6.07, 6.45) is 3.35. The van der Waals surface area contributed by atoms with Gasteiger partial charge in [-0.25, -0.2) is 4.98 Å². The van der Waals surface area contributed by atoms with Crippen LogP contribution in [0.25, 0.3) is 0 Å².